The molecule has 0 spiro atoms. The van der Waals surface area contributed by atoms with Crippen molar-refractivity contribution in [2.45, 2.75) is 5.88 Å². The second-order valence-corrected chi connectivity index (χ2v) is 2.19. The van der Waals surface area contributed by atoms with Gasteiger partial charge in [-0.15, -0.1) is 0 Å². The van der Waals surface area contributed by atoms with E-state index in [1.165, 1.54) is 5.56 Å². The lowest BCUT2D eigenvalue weighted by molar-refractivity contribution is 0.243. The Labute approximate surface area is 75.5 Å². The molecule has 0 radical (unpaired) electrons. The molecule has 0 heterocycles. The summed E-state index contributed by atoms with van der Waals surface area (Å²) in [4.78, 5) is 0. The van der Waals surface area contributed by atoms with Gasteiger partial charge in [-0.25, -0.2) is 0 Å². The Morgan fingerprint density at radius 3 is 1.92 bits per heavy atom. The first kappa shape index (κ1) is 11.1. The maximum Gasteiger partial charge on any atom is 0.312 e. The molecule has 3 heteroatoms. The molecular weight excluding hydrogens is 182 g/mol. The maximum atomic E-state index is 10.1. The second-order valence-electron chi connectivity index (χ2n) is 1.86. The van der Waals surface area contributed by atoms with Crippen LogP contribution < -0.4 is 0 Å². The average molecular weight is 191 g/mol. The summed E-state index contributed by atoms with van der Waals surface area (Å²) in [5.74, 6) is -2.69. The van der Waals surface area contributed by atoms with Gasteiger partial charge in [0.25, 0.3) is 0 Å². The van der Waals surface area contributed by atoms with Gasteiger partial charge in [0.15, 0.2) is 0 Å². The van der Waals surface area contributed by atoms with Crippen LogP contribution in [0.3, 0.4) is 0 Å². The van der Waals surface area contributed by atoms with E-state index < -0.39 is 5.88 Å². The molecule has 0 saturated heterocycles. The zero-order chi connectivity index (χ0) is 9.40. The first-order valence-corrected chi connectivity index (χ1v) is 3.70. The van der Waals surface area contributed by atoms with Crippen molar-refractivity contribution >= 4 is 17.7 Å². The second kappa shape index (κ2) is 6.80. The normalized spacial score (nSPS) is 8.67. The summed E-state index contributed by atoms with van der Waals surface area (Å²) in [6.07, 6.45) is 1.83. The molecule has 0 amide bonds. The Bertz CT molecular complexity index is 206. The summed E-state index contributed by atoms with van der Waals surface area (Å²) in [7, 11) is 0. The van der Waals surface area contributed by atoms with Gasteiger partial charge >= 0.3 is 5.88 Å². The summed E-state index contributed by atoms with van der Waals surface area (Å²) in [6, 6.07) is 10.0. The van der Waals surface area contributed by atoms with Gasteiger partial charge in [0.2, 0.25) is 0 Å². The Balaban J connectivity index is 0.000000261. The number of halogens is 3. The standard InChI is InChI=1S/C8H8.CHClF2/c1-2-8-6-4-3-5-7-8;2-1(3)4/h2-7H,1H2;1H. The molecule has 0 fully saturated rings. The van der Waals surface area contributed by atoms with E-state index in [9.17, 15) is 8.78 Å². The van der Waals surface area contributed by atoms with E-state index in [0.717, 1.165) is 0 Å². The van der Waals surface area contributed by atoms with Crippen LogP contribution in [-0.4, -0.2) is 5.88 Å². The first-order chi connectivity index (χ1) is 5.66. The van der Waals surface area contributed by atoms with Crippen molar-refractivity contribution < 1.29 is 8.78 Å². The minimum Gasteiger partial charge on any atom is -0.192 e. The first-order valence-electron chi connectivity index (χ1n) is 3.26. The topological polar surface area (TPSA) is 0 Å². The van der Waals surface area contributed by atoms with Crippen molar-refractivity contribution in [3.8, 4) is 0 Å². The lowest BCUT2D eigenvalue weighted by Gasteiger charge is -1.85. The van der Waals surface area contributed by atoms with Crippen molar-refractivity contribution in [2.24, 2.45) is 0 Å². The lowest BCUT2D eigenvalue weighted by Crippen LogP contribution is -1.63. The van der Waals surface area contributed by atoms with Crippen molar-refractivity contribution in [1.29, 1.82) is 0 Å². The summed E-state index contributed by atoms with van der Waals surface area (Å²) in [5, 5.41) is 0. The monoisotopic (exact) mass is 190 g/mol. The molecule has 0 bridgehead atoms. The fourth-order valence-electron chi connectivity index (χ4n) is 0.589. The van der Waals surface area contributed by atoms with Crippen LogP contribution in [0, 0.1) is 0 Å². The highest BCUT2D eigenvalue weighted by Gasteiger charge is 1.83. The summed E-state index contributed by atoms with van der Waals surface area (Å²) in [6.45, 7) is 3.63. The van der Waals surface area contributed by atoms with E-state index in [1.54, 1.807) is 0 Å². The molecule has 0 atom stereocenters. The molecule has 0 nitrogen and oxygen atoms in total. The van der Waals surface area contributed by atoms with Gasteiger partial charge in [-0.05, 0) is 5.56 Å². The number of alkyl halides is 3. The Morgan fingerprint density at radius 2 is 1.67 bits per heavy atom. The highest BCUT2D eigenvalue weighted by atomic mass is 35.5. The molecule has 0 aliphatic heterocycles. The molecule has 0 N–H and O–H groups in total. The Kier molecular flexibility index (Phi) is 6.29. The quantitative estimate of drug-likeness (QED) is 0.592. The zero-order valence-corrected chi connectivity index (χ0v) is 7.14. The molecule has 1 aromatic rings. The van der Waals surface area contributed by atoms with Crippen LogP contribution in [-0.2, 0) is 0 Å². The van der Waals surface area contributed by atoms with Gasteiger partial charge in [0.1, 0.15) is 0 Å². The predicted octanol–water partition coefficient (Wildman–Crippen LogP) is 3.78. The third-order valence-corrected chi connectivity index (χ3v) is 1.04. The predicted molar refractivity (Wildman–Crippen MR) is 48.4 cm³/mol. The van der Waals surface area contributed by atoms with Crippen LogP contribution >= 0.6 is 11.6 Å². The minimum atomic E-state index is -2.69. The van der Waals surface area contributed by atoms with Gasteiger partial charge in [0, 0.05) is 0 Å². The fraction of sp³-hybridized carbons (Fsp3) is 0.111. The molecule has 0 aromatic heterocycles. The molecule has 0 aliphatic rings. The molecule has 0 saturated carbocycles. The van der Waals surface area contributed by atoms with E-state index >= 15 is 0 Å². The Morgan fingerprint density at radius 1 is 1.25 bits per heavy atom. The minimum absolute atomic E-state index is 1.17. The SMILES string of the molecule is C=Cc1ccccc1.FC(F)Cl. The van der Waals surface area contributed by atoms with Crippen molar-refractivity contribution in [3.05, 3.63) is 42.5 Å². The van der Waals surface area contributed by atoms with E-state index in [2.05, 4.69) is 18.2 Å². The number of benzene rings is 1. The molecule has 12 heavy (non-hydrogen) atoms. The van der Waals surface area contributed by atoms with Crippen molar-refractivity contribution in [2.75, 3.05) is 0 Å². The van der Waals surface area contributed by atoms with Gasteiger partial charge in [-0.3, -0.25) is 0 Å². The van der Waals surface area contributed by atoms with Crippen LogP contribution in [0.4, 0.5) is 8.78 Å². The van der Waals surface area contributed by atoms with E-state index in [4.69, 9.17) is 0 Å². The molecule has 1 aromatic carbocycles. The number of rotatable bonds is 1. The third-order valence-electron chi connectivity index (χ3n) is 1.04. The fourth-order valence-corrected chi connectivity index (χ4v) is 0.589. The van der Waals surface area contributed by atoms with Crippen LogP contribution in [0.15, 0.2) is 36.9 Å². The van der Waals surface area contributed by atoms with Crippen LogP contribution in [0.25, 0.3) is 6.08 Å². The summed E-state index contributed by atoms with van der Waals surface area (Å²) >= 11 is 3.94. The number of hydrogen-bond donors (Lipinski definition) is 0. The molecule has 66 valence electrons. The van der Waals surface area contributed by atoms with Crippen LogP contribution in [0.2, 0.25) is 0 Å². The highest BCUT2D eigenvalue weighted by Crippen LogP contribution is 1.97. The lowest BCUT2D eigenvalue weighted by atomic mass is 10.2. The van der Waals surface area contributed by atoms with Gasteiger partial charge in [0.05, 0.1) is 0 Å². The maximum absolute atomic E-state index is 10.1. The third kappa shape index (κ3) is 7.22. The van der Waals surface area contributed by atoms with E-state index in [1.807, 2.05) is 36.4 Å². The Hall–Kier alpha value is -0.890. The number of hydrogen-bond acceptors (Lipinski definition) is 0. The van der Waals surface area contributed by atoms with Gasteiger partial charge < -0.3 is 0 Å². The van der Waals surface area contributed by atoms with E-state index in [0.29, 0.717) is 0 Å². The van der Waals surface area contributed by atoms with Gasteiger partial charge in [-0.1, -0.05) is 54.6 Å². The summed E-state index contributed by atoms with van der Waals surface area (Å²) in [5.41, 5.74) is 1.17. The van der Waals surface area contributed by atoms with E-state index in [-0.39, 0.29) is 0 Å². The van der Waals surface area contributed by atoms with Crippen LogP contribution in [0.1, 0.15) is 5.56 Å². The average Bonchev–Trinajstić information content (AvgIpc) is 2.05. The van der Waals surface area contributed by atoms with Crippen LogP contribution in [0.5, 0.6) is 0 Å². The molecule has 0 aliphatic carbocycles. The van der Waals surface area contributed by atoms with Crippen molar-refractivity contribution in [3.63, 3.8) is 0 Å². The molecule has 1 rings (SSSR count). The molecular formula is C9H9ClF2. The largest absolute Gasteiger partial charge is 0.312 e. The highest BCUT2D eigenvalue weighted by molar-refractivity contribution is 6.18. The smallest absolute Gasteiger partial charge is 0.192 e. The zero-order valence-electron chi connectivity index (χ0n) is 6.38. The molecule has 0 unspecified atom stereocenters. The van der Waals surface area contributed by atoms with Crippen molar-refractivity contribution in [1.82, 2.24) is 0 Å². The summed E-state index contributed by atoms with van der Waals surface area (Å²) < 4.78 is 20.2. The van der Waals surface area contributed by atoms with Gasteiger partial charge in [-0.2, -0.15) is 8.78 Å².